The van der Waals surface area contributed by atoms with Crippen LogP contribution in [0.25, 0.3) is 10.9 Å². The number of ether oxygens (including phenoxy) is 1. The summed E-state index contributed by atoms with van der Waals surface area (Å²) in [4.78, 5) is 26.4. The van der Waals surface area contributed by atoms with Gasteiger partial charge in [-0.1, -0.05) is 12.1 Å². The summed E-state index contributed by atoms with van der Waals surface area (Å²) in [7, 11) is -2.37. The summed E-state index contributed by atoms with van der Waals surface area (Å²) in [6.07, 6.45) is 1.67. The van der Waals surface area contributed by atoms with Gasteiger partial charge in [0.25, 0.3) is 0 Å². The summed E-state index contributed by atoms with van der Waals surface area (Å²) in [6, 6.07) is 12.9. The van der Waals surface area contributed by atoms with Crippen LogP contribution in [0.3, 0.4) is 0 Å². The van der Waals surface area contributed by atoms with Crippen molar-refractivity contribution in [3.8, 4) is 5.75 Å². The molecule has 1 aromatic heterocycles. The highest BCUT2D eigenvalue weighted by Gasteiger charge is 2.12. The van der Waals surface area contributed by atoms with Crippen molar-refractivity contribution in [1.82, 2.24) is 9.97 Å². The fourth-order valence-electron chi connectivity index (χ4n) is 2.43. The van der Waals surface area contributed by atoms with Gasteiger partial charge in [-0.25, -0.2) is 9.97 Å². The number of hydrogen-bond acceptors (Lipinski definition) is 5. The molecule has 2 aromatic carbocycles. The predicted octanol–water partition coefficient (Wildman–Crippen LogP) is 3.10. The number of benzene rings is 2. The number of aromatic nitrogens is 2. The average molecular weight is 359 g/mol. The molecule has 0 fully saturated rings. The molecule has 0 bridgehead atoms. The van der Waals surface area contributed by atoms with Crippen LogP contribution in [0, 0.1) is 0 Å². The topological polar surface area (TPSA) is 105 Å². The first-order valence-electron chi connectivity index (χ1n) is 7.64. The van der Waals surface area contributed by atoms with E-state index < -0.39 is 7.60 Å². The summed E-state index contributed by atoms with van der Waals surface area (Å²) < 4.78 is 16.2. The second-order valence-electron chi connectivity index (χ2n) is 5.57. The first-order valence-corrected chi connectivity index (χ1v) is 9.44. The Bertz CT molecular complexity index is 925. The molecule has 0 amide bonds. The number of nitrogens with one attached hydrogen (secondary N) is 1. The van der Waals surface area contributed by atoms with E-state index in [0.717, 1.165) is 27.9 Å². The fraction of sp³-hybridized carbons (Fsp3) is 0.176. The minimum absolute atomic E-state index is 0.157. The molecule has 3 N–H and O–H groups in total. The van der Waals surface area contributed by atoms with Gasteiger partial charge in [0, 0.05) is 11.1 Å². The molecule has 0 aliphatic heterocycles. The Morgan fingerprint density at radius 2 is 1.88 bits per heavy atom. The predicted molar refractivity (Wildman–Crippen MR) is 96.4 cm³/mol. The van der Waals surface area contributed by atoms with E-state index in [-0.39, 0.29) is 6.16 Å². The monoisotopic (exact) mass is 359 g/mol. The third kappa shape index (κ3) is 4.54. The van der Waals surface area contributed by atoms with Crippen LogP contribution in [-0.4, -0.2) is 33.0 Å². The molecule has 1 heterocycles. The Morgan fingerprint density at radius 1 is 1.12 bits per heavy atom. The van der Waals surface area contributed by atoms with Gasteiger partial charge in [0.05, 0.1) is 18.8 Å². The largest absolute Gasteiger partial charge is 0.497 e. The standard InChI is InChI=1S/C17H18N3O4P/c1-24-14-6-7-16-15(10-14)17(19-11-18-16)20-13-4-2-12(3-5-13)8-9-25(21,22)23/h2-7,10-11H,8-9H2,1H3,(H,18,19,20)(H2,21,22,23). The van der Waals surface area contributed by atoms with Crippen molar-refractivity contribution < 1.29 is 19.1 Å². The maximum atomic E-state index is 10.9. The van der Waals surface area contributed by atoms with Gasteiger partial charge >= 0.3 is 7.60 Å². The van der Waals surface area contributed by atoms with E-state index in [1.54, 1.807) is 7.11 Å². The van der Waals surface area contributed by atoms with E-state index in [1.165, 1.54) is 6.33 Å². The first-order chi connectivity index (χ1) is 11.9. The lowest BCUT2D eigenvalue weighted by molar-refractivity contribution is 0.373. The molecule has 25 heavy (non-hydrogen) atoms. The number of methoxy groups -OCH3 is 1. The van der Waals surface area contributed by atoms with Crippen molar-refractivity contribution in [3.63, 3.8) is 0 Å². The number of nitrogens with zero attached hydrogens (tertiary/aromatic N) is 2. The molecular weight excluding hydrogens is 341 g/mol. The smallest absolute Gasteiger partial charge is 0.325 e. The Labute approximate surface area is 144 Å². The van der Waals surface area contributed by atoms with Gasteiger partial charge in [0.2, 0.25) is 0 Å². The second-order valence-corrected chi connectivity index (χ2v) is 7.34. The SMILES string of the molecule is COc1ccc2ncnc(Nc3ccc(CCP(=O)(O)O)cc3)c2c1. The summed E-state index contributed by atoms with van der Waals surface area (Å²) in [5, 5.41) is 4.08. The lowest BCUT2D eigenvalue weighted by Gasteiger charge is -2.10. The number of aryl methyl sites for hydroxylation is 1. The van der Waals surface area contributed by atoms with Crippen molar-refractivity contribution in [1.29, 1.82) is 0 Å². The molecule has 0 aliphatic rings. The average Bonchev–Trinajstić information content (AvgIpc) is 2.60. The Hall–Kier alpha value is -2.47. The lowest BCUT2D eigenvalue weighted by Crippen LogP contribution is -1.97. The van der Waals surface area contributed by atoms with Crippen molar-refractivity contribution in [2.24, 2.45) is 0 Å². The van der Waals surface area contributed by atoms with Crippen LogP contribution in [0.15, 0.2) is 48.8 Å². The van der Waals surface area contributed by atoms with E-state index >= 15 is 0 Å². The molecule has 8 heteroatoms. The zero-order chi connectivity index (χ0) is 17.9. The van der Waals surface area contributed by atoms with E-state index in [2.05, 4.69) is 15.3 Å². The highest BCUT2D eigenvalue weighted by molar-refractivity contribution is 7.51. The minimum Gasteiger partial charge on any atom is -0.497 e. The van der Waals surface area contributed by atoms with Gasteiger partial charge in [0.1, 0.15) is 17.9 Å². The second kappa shape index (κ2) is 7.19. The molecular formula is C17H18N3O4P. The lowest BCUT2D eigenvalue weighted by atomic mass is 10.1. The summed E-state index contributed by atoms with van der Waals surface area (Å²) >= 11 is 0. The van der Waals surface area contributed by atoms with Gasteiger partial charge in [-0.3, -0.25) is 4.57 Å². The van der Waals surface area contributed by atoms with Crippen LogP contribution in [0.4, 0.5) is 11.5 Å². The molecule has 0 spiro atoms. The zero-order valence-corrected chi connectivity index (χ0v) is 14.5. The molecule has 0 radical (unpaired) electrons. The van der Waals surface area contributed by atoms with Crippen molar-refractivity contribution in [2.75, 3.05) is 18.6 Å². The maximum absolute atomic E-state index is 10.9. The van der Waals surface area contributed by atoms with E-state index in [9.17, 15) is 4.57 Å². The van der Waals surface area contributed by atoms with Gasteiger partial charge in [-0.2, -0.15) is 0 Å². The zero-order valence-electron chi connectivity index (χ0n) is 13.6. The molecule has 7 nitrogen and oxygen atoms in total. The molecule has 0 atom stereocenters. The Morgan fingerprint density at radius 3 is 2.56 bits per heavy atom. The van der Waals surface area contributed by atoms with Crippen LogP contribution in [-0.2, 0) is 11.0 Å². The van der Waals surface area contributed by atoms with Crippen LogP contribution in [0.2, 0.25) is 0 Å². The van der Waals surface area contributed by atoms with Crippen molar-refractivity contribution >= 4 is 30.0 Å². The van der Waals surface area contributed by atoms with Gasteiger partial charge in [-0.15, -0.1) is 0 Å². The summed E-state index contributed by atoms with van der Waals surface area (Å²) in [6.45, 7) is 0. The number of rotatable bonds is 6. The molecule has 130 valence electrons. The maximum Gasteiger partial charge on any atom is 0.325 e. The van der Waals surface area contributed by atoms with E-state index in [4.69, 9.17) is 14.5 Å². The van der Waals surface area contributed by atoms with Gasteiger partial charge in [-0.05, 0) is 42.3 Å². The first kappa shape index (κ1) is 17.4. The molecule has 0 saturated carbocycles. The van der Waals surface area contributed by atoms with Crippen LogP contribution in [0.1, 0.15) is 5.56 Å². The van der Waals surface area contributed by atoms with Crippen LogP contribution < -0.4 is 10.1 Å². The summed E-state index contributed by atoms with van der Waals surface area (Å²) in [5.74, 6) is 1.38. The molecule has 3 rings (SSSR count). The molecule has 0 aliphatic carbocycles. The number of hydrogen-bond donors (Lipinski definition) is 3. The Balaban J connectivity index is 1.80. The van der Waals surface area contributed by atoms with E-state index in [1.807, 2.05) is 42.5 Å². The van der Waals surface area contributed by atoms with Crippen molar-refractivity contribution in [3.05, 3.63) is 54.4 Å². The fourth-order valence-corrected chi connectivity index (χ4v) is 2.98. The molecule has 0 unspecified atom stereocenters. The third-order valence-corrected chi connectivity index (χ3v) is 4.56. The van der Waals surface area contributed by atoms with Crippen LogP contribution in [0.5, 0.6) is 5.75 Å². The summed E-state index contributed by atoms with van der Waals surface area (Å²) in [5.41, 5.74) is 2.49. The van der Waals surface area contributed by atoms with Gasteiger partial charge in [0.15, 0.2) is 0 Å². The number of anilines is 2. The van der Waals surface area contributed by atoms with Crippen molar-refractivity contribution in [2.45, 2.75) is 6.42 Å². The normalized spacial score (nSPS) is 11.5. The third-order valence-electron chi connectivity index (χ3n) is 3.75. The number of fused-ring (bicyclic) bond motifs is 1. The molecule has 3 aromatic rings. The minimum atomic E-state index is -3.98. The quantitative estimate of drug-likeness (QED) is 0.581. The molecule has 0 saturated heterocycles. The van der Waals surface area contributed by atoms with Gasteiger partial charge < -0.3 is 19.8 Å². The Kier molecular flexibility index (Phi) is 4.99. The van der Waals surface area contributed by atoms with E-state index in [0.29, 0.717) is 12.2 Å². The highest BCUT2D eigenvalue weighted by atomic mass is 31.2. The highest BCUT2D eigenvalue weighted by Crippen LogP contribution is 2.35. The van der Waals surface area contributed by atoms with Crippen LogP contribution >= 0.6 is 7.60 Å².